The van der Waals surface area contributed by atoms with Gasteiger partial charge in [-0.05, 0) is 45.7 Å². The SMILES string of the molecule is CN=C(NCc1nc(-c2ccco2)n[nH]1)NC1CCCN(C(=O)OC(C)(C)C)C1. The first-order valence-corrected chi connectivity index (χ1v) is 9.74. The quantitative estimate of drug-likeness (QED) is 0.528. The van der Waals surface area contributed by atoms with Gasteiger partial charge in [0.25, 0.3) is 0 Å². The fraction of sp³-hybridized carbons (Fsp3) is 0.579. The Labute approximate surface area is 170 Å². The number of aromatic amines is 1. The van der Waals surface area contributed by atoms with Crippen molar-refractivity contribution in [2.75, 3.05) is 20.1 Å². The normalized spacial score (nSPS) is 17.9. The van der Waals surface area contributed by atoms with Crippen LogP contribution in [0.3, 0.4) is 0 Å². The monoisotopic (exact) mass is 403 g/mol. The molecule has 0 aromatic carbocycles. The van der Waals surface area contributed by atoms with Crippen molar-refractivity contribution in [2.24, 2.45) is 4.99 Å². The van der Waals surface area contributed by atoms with Crippen LogP contribution in [0.25, 0.3) is 11.6 Å². The van der Waals surface area contributed by atoms with Crippen LogP contribution in [0.15, 0.2) is 27.8 Å². The van der Waals surface area contributed by atoms with E-state index in [1.54, 1.807) is 30.3 Å². The number of likely N-dealkylation sites (tertiary alicyclic amines) is 1. The van der Waals surface area contributed by atoms with E-state index in [9.17, 15) is 4.79 Å². The summed E-state index contributed by atoms with van der Waals surface area (Å²) in [6.07, 6.45) is 3.16. The summed E-state index contributed by atoms with van der Waals surface area (Å²) in [5.74, 6) is 2.42. The first-order valence-electron chi connectivity index (χ1n) is 9.74. The van der Waals surface area contributed by atoms with E-state index in [1.165, 1.54) is 0 Å². The molecule has 1 saturated heterocycles. The molecule has 1 amide bonds. The second-order valence-electron chi connectivity index (χ2n) is 7.92. The molecule has 1 aliphatic heterocycles. The third-order valence-corrected chi connectivity index (χ3v) is 4.33. The number of carbonyl (C=O) groups excluding carboxylic acids is 1. The molecule has 29 heavy (non-hydrogen) atoms. The van der Waals surface area contributed by atoms with Crippen LogP contribution in [0.1, 0.15) is 39.4 Å². The third kappa shape index (κ3) is 5.97. The number of rotatable bonds is 4. The van der Waals surface area contributed by atoms with E-state index in [0.29, 0.717) is 43.0 Å². The molecular weight excluding hydrogens is 374 g/mol. The second-order valence-corrected chi connectivity index (χ2v) is 7.92. The van der Waals surface area contributed by atoms with Gasteiger partial charge in [0.2, 0.25) is 5.82 Å². The lowest BCUT2D eigenvalue weighted by Crippen LogP contribution is -2.53. The molecule has 0 spiro atoms. The Hall–Kier alpha value is -3.04. The fourth-order valence-electron chi connectivity index (χ4n) is 3.03. The Morgan fingerprint density at radius 3 is 3.00 bits per heavy atom. The molecule has 3 heterocycles. The lowest BCUT2D eigenvalue weighted by atomic mass is 10.1. The molecule has 1 aliphatic rings. The van der Waals surface area contributed by atoms with E-state index >= 15 is 0 Å². The van der Waals surface area contributed by atoms with Gasteiger partial charge in [-0.3, -0.25) is 10.1 Å². The maximum Gasteiger partial charge on any atom is 0.410 e. The zero-order chi connectivity index (χ0) is 20.9. The number of nitrogens with zero attached hydrogens (tertiary/aromatic N) is 4. The van der Waals surface area contributed by atoms with Crippen molar-refractivity contribution >= 4 is 12.1 Å². The number of aliphatic imine (C=N–C) groups is 1. The highest BCUT2D eigenvalue weighted by molar-refractivity contribution is 5.80. The van der Waals surface area contributed by atoms with Gasteiger partial charge in [-0.2, -0.15) is 0 Å². The van der Waals surface area contributed by atoms with E-state index in [-0.39, 0.29) is 12.1 Å². The number of amides is 1. The molecule has 10 heteroatoms. The van der Waals surface area contributed by atoms with Crippen LogP contribution < -0.4 is 10.6 Å². The Morgan fingerprint density at radius 2 is 2.31 bits per heavy atom. The largest absolute Gasteiger partial charge is 0.461 e. The standard InChI is InChI=1S/C19H29N7O3/c1-19(2,3)29-18(27)26-9-5-7-13(12-26)22-17(20-4)21-11-15-23-16(25-24-15)14-8-6-10-28-14/h6,8,10,13H,5,7,9,11-12H2,1-4H3,(H2,20,21,22)(H,23,24,25). The first kappa shape index (κ1) is 20.7. The maximum atomic E-state index is 12.3. The second kappa shape index (κ2) is 8.97. The van der Waals surface area contributed by atoms with Gasteiger partial charge in [-0.25, -0.2) is 9.78 Å². The number of furan rings is 1. The third-order valence-electron chi connectivity index (χ3n) is 4.33. The molecule has 3 rings (SSSR count). The van der Waals surface area contributed by atoms with Gasteiger partial charge in [0.15, 0.2) is 11.7 Å². The molecular formula is C19H29N7O3. The van der Waals surface area contributed by atoms with Crippen molar-refractivity contribution in [3.8, 4) is 11.6 Å². The predicted molar refractivity (Wildman–Crippen MR) is 108 cm³/mol. The van der Waals surface area contributed by atoms with Crippen LogP contribution in [0, 0.1) is 0 Å². The van der Waals surface area contributed by atoms with Crippen LogP contribution in [0.5, 0.6) is 0 Å². The Kier molecular flexibility index (Phi) is 6.40. The zero-order valence-corrected chi connectivity index (χ0v) is 17.4. The number of guanidine groups is 1. The van der Waals surface area contributed by atoms with Crippen molar-refractivity contribution in [3.63, 3.8) is 0 Å². The summed E-state index contributed by atoms with van der Waals surface area (Å²) in [7, 11) is 1.71. The molecule has 158 valence electrons. The summed E-state index contributed by atoms with van der Waals surface area (Å²) in [5, 5.41) is 13.6. The molecule has 0 aliphatic carbocycles. The van der Waals surface area contributed by atoms with Gasteiger partial charge in [-0.15, -0.1) is 5.10 Å². The van der Waals surface area contributed by atoms with Crippen molar-refractivity contribution in [3.05, 3.63) is 24.2 Å². The number of piperidine rings is 1. The summed E-state index contributed by atoms with van der Waals surface area (Å²) in [5.41, 5.74) is -0.499. The Morgan fingerprint density at radius 1 is 1.48 bits per heavy atom. The number of carbonyl (C=O) groups is 1. The highest BCUT2D eigenvalue weighted by Crippen LogP contribution is 2.16. The summed E-state index contributed by atoms with van der Waals surface area (Å²) in [4.78, 5) is 22.7. The van der Waals surface area contributed by atoms with Crippen LogP contribution in [-0.2, 0) is 11.3 Å². The lowest BCUT2D eigenvalue weighted by molar-refractivity contribution is 0.0193. The maximum absolute atomic E-state index is 12.3. The molecule has 1 atom stereocenters. The minimum Gasteiger partial charge on any atom is -0.461 e. The van der Waals surface area contributed by atoms with E-state index in [4.69, 9.17) is 9.15 Å². The van der Waals surface area contributed by atoms with Crippen molar-refractivity contribution in [1.82, 2.24) is 30.7 Å². The van der Waals surface area contributed by atoms with Gasteiger partial charge in [0.05, 0.1) is 12.8 Å². The van der Waals surface area contributed by atoms with Crippen LogP contribution in [0.4, 0.5) is 4.79 Å². The van der Waals surface area contributed by atoms with Gasteiger partial charge in [0, 0.05) is 26.2 Å². The van der Waals surface area contributed by atoms with Gasteiger partial charge in [-0.1, -0.05) is 0 Å². The fourth-order valence-corrected chi connectivity index (χ4v) is 3.03. The lowest BCUT2D eigenvalue weighted by Gasteiger charge is -2.35. The highest BCUT2D eigenvalue weighted by Gasteiger charge is 2.28. The number of nitrogens with one attached hydrogen (secondary N) is 3. The molecule has 1 fully saturated rings. The molecule has 2 aromatic rings. The molecule has 3 N–H and O–H groups in total. The molecule has 0 radical (unpaired) electrons. The predicted octanol–water partition coefficient (Wildman–Crippen LogP) is 2.13. The number of ether oxygens (including phenoxy) is 1. The van der Waals surface area contributed by atoms with Crippen LogP contribution in [-0.4, -0.2) is 63.9 Å². The minimum atomic E-state index is -0.499. The van der Waals surface area contributed by atoms with Crippen LogP contribution >= 0.6 is 0 Å². The number of hydrogen-bond acceptors (Lipinski definition) is 6. The van der Waals surface area contributed by atoms with Crippen LogP contribution in [0.2, 0.25) is 0 Å². The first-order chi connectivity index (χ1) is 13.8. The molecule has 10 nitrogen and oxygen atoms in total. The molecule has 1 unspecified atom stereocenters. The minimum absolute atomic E-state index is 0.0934. The van der Waals surface area contributed by atoms with Crippen molar-refractivity contribution in [1.29, 1.82) is 0 Å². The van der Waals surface area contributed by atoms with Crippen molar-refractivity contribution < 1.29 is 13.9 Å². The zero-order valence-electron chi connectivity index (χ0n) is 17.4. The topological polar surface area (TPSA) is 121 Å². The average Bonchev–Trinajstić information content (AvgIpc) is 3.35. The molecule has 2 aromatic heterocycles. The highest BCUT2D eigenvalue weighted by atomic mass is 16.6. The van der Waals surface area contributed by atoms with E-state index in [0.717, 1.165) is 12.8 Å². The molecule has 0 bridgehead atoms. The summed E-state index contributed by atoms with van der Waals surface area (Å²) in [6, 6.07) is 3.69. The van der Waals surface area contributed by atoms with E-state index in [2.05, 4.69) is 30.8 Å². The number of hydrogen-bond donors (Lipinski definition) is 3. The van der Waals surface area contributed by atoms with Gasteiger partial charge in [0.1, 0.15) is 11.4 Å². The summed E-state index contributed by atoms with van der Waals surface area (Å²) in [6.45, 7) is 7.31. The number of H-pyrrole nitrogens is 1. The average molecular weight is 403 g/mol. The molecule has 0 saturated carbocycles. The number of aromatic nitrogens is 3. The summed E-state index contributed by atoms with van der Waals surface area (Å²) >= 11 is 0. The van der Waals surface area contributed by atoms with Gasteiger partial charge < -0.3 is 24.7 Å². The van der Waals surface area contributed by atoms with Gasteiger partial charge >= 0.3 is 6.09 Å². The summed E-state index contributed by atoms with van der Waals surface area (Å²) < 4.78 is 10.8. The van der Waals surface area contributed by atoms with E-state index < -0.39 is 5.60 Å². The van der Waals surface area contributed by atoms with E-state index in [1.807, 2.05) is 20.8 Å². The smallest absolute Gasteiger partial charge is 0.410 e. The Balaban J connectivity index is 1.50. The van der Waals surface area contributed by atoms with Crippen molar-refractivity contribution in [2.45, 2.75) is 51.8 Å². The Bertz CT molecular complexity index is 823.